The van der Waals surface area contributed by atoms with Crippen LogP contribution in [0.5, 0.6) is 5.75 Å². The third-order valence-electron chi connectivity index (χ3n) is 1.95. The van der Waals surface area contributed by atoms with Gasteiger partial charge >= 0.3 is 5.97 Å². The molecule has 4 heteroatoms. The fourth-order valence-corrected chi connectivity index (χ4v) is 0.999. The Labute approximate surface area is 102 Å². The minimum atomic E-state index is -0.595. The number of carbonyl (C=O) groups is 1. The van der Waals surface area contributed by atoms with Gasteiger partial charge in [0.2, 0.25) is 0 Å². The van der Waals surface area contributed by atoms with E-state index in [9.17, 15) is 4.79 Å². The maximum atomic E-state index is 10.2. The van der Waals surface area contributed by atoms with Gasteiger partial charge in [-0.15, -0.1) is 0 Å². The van der Waals surface area contributed by atoms with Gasteiger partial charge in [0.25, 0.3) is 0 Å². The van der Waals surface area contributed by atoms with Crippen molar-refractivity contribution in [2.45, 2.75) is 26.4 Å². The van der Waals surface area contributed by atoms with Gasteiger partial charge in [0.1, 0.15) is 5.75 Å². The van der Waals surface area contributed by atoms with Crippen LogP contribution in [0.25, 0.3) is 0 Å². The van der Waals surface area contributed by atoms with Gasteiger partial charge in [-0.05, 0) is 26.0 Å². The second-order valence-electron chi connectivity index (χ2n) is 3.65. The standard InChI is InChI=1S/C8H10O.C5H10O3/c1-7-3-5-8(9-2)6-4-7;1-4(6)3-5(7)8-2/h3-6H,1-2H3;4,6H,3H2,1-2H3. The lowest BCUT2D eigenvalue weighted by Crippen LogP contribution is -2.10. The lowest BCUT2D eigenvalue weighted by Gasteiger charge is -1.99. The highest BCUT2D eigenvalue weighted by Crippen LogP contribution is 2.09. The van der Waals surface area contributed by atoms with Crippen molar-refractivity contribution < 1.29 is 19.4 Å². The predicted molar refractivity (Wildman–Crippen MR) is 66.0 cm³/mol. The Morgan fingerprint density at radius 1 is 1.29 bits per heavy atom. The molecule has 1 N–H and O–H groups in total. The molecule has 0 spiro atoms. The van der Waals surface area contributed by atoms with E-state index in [2.05, 4.69) is 11.7 Å². The van der Waals surface area contributed by atoms with Crippen molar-refractivity contribution in [3.8, 4) is 5.75 Å². The topological polar surface area (TPSA) is 55.8 Å². The van der Waals surface area contributed by atoms with Crippen molar-refractivity contribution in [3.05, 3.63) is 29.8 Å². The van der Waals surface area contributed by atoms with Crippen molar-refractivity contribution in [1.29, 1.82) is 0 Å². The van der Waals surface area contributed by atoms with Crippen LogP contribution in [0.4, 0.5) is 0 Å². The SMILES string of the molecule is COC(=O)CC(C)O.COc1ccc(C)cc1. The van der Waals surface area contributed by atoms with Gasteiger partial charge in [-0.1, -0.05) is 17.7 Å². The zero-order valence-corrected chi connectivity index (χ0v) is 10.8. The summed E-state index contributed by atoms with van der Waals surface area (Å²) in [5.41, 5.74) is 1.26. The zero-order chi connectivity index (χ0) is 13.3. The van der Waals surface area contributed by atoms with Gasteiger partial charge in [0, 0.05) is 0 Å². The number of hydrogen-bond acceptors (Lipinski definition) is 4. The first-order chi connectivity index (χ1) is 7.99. The molecule has 0 radical (unpaired) electrons. The fourth-order valence-electron chi connectivity index (χ4n) is 0.999. The van der Waals surface area contributed by atoms with Gasteiger partial charge in [0.15, 0.2) is 0 Å². The summed E-state index contributed by atoms with van der Waals surface area (Å²) in [6.45, 7) is 3.59. The molecule has 0 aliphatic carbocycles. The van der Waals surface area contributed by atoms with Crippen molar-refractivity contribution in [1.82, 2.24) is 0 Å². The summed E-state index contributed by atoms with van der Waals surface area (Å²) < 4.78 is 9.23. The molecule has 17 heavy (non-hydrogen) atoms. The van der Waals surface area contributed by atoms with Crippen molar-refractivity contribution in [2.24, 2.45) is 0 Å². The second-order valence-corrected chi connectivity index (χ2v) is 3.65. The van der Waals surface area contributed by atoms with Crippen LogP contribution < -0.4 is 4.74 Å². The number of aryl methyl sites for hydroxylation is 1. The van der Waals surface area contributed by atoms with Crippen molar-refractivity contribution in [3.63, 3.8) is 0 Å². The molecule has 96 valence electrons. The van der Waals surface area contributed by atoms with E-state index in [-0.39, 0.29) is 12.4 Å². The Balaban J connectivity index is 0.000000304. The number of aliphatic hydroxyl groups excluding tert-OH is 1. The van der Waals surface area contributed by atoms with Gasteiger partial charge in [-0.25, -0.2) is 0 Å². The number of rotatable bonds is 3. The number of carbonyl (C=O) groups excluding carboxylic acids is 1. The van der Waals surface area contributed by atoms with E-state index in [1.807, 2.05) is 24.3 Å². The molecule has 1 aromatic carbocycles. The monoisotopic (exact) mass is 240 g/mol. The molecule has 0 bridgehead atoms. The lowest BCUT2D eigenvalue weighted by atomic mass is 10.2. The van der Waals surface area contributed by atoms with Crippen LogP contribution in [0, 0.1) is 6.92 Å². The summed E-state index contributed by atoms with van der Waals surface area (Å²) in [6, 6.07) is 7.96. The molecule has 0 aromatic heterocycles. The van der Waals surface area contributed by atoms with E-state index in [0.717, 1.165) is 5.75 Å². The molecule has 0 saturated carbocycles. The molecular weight excluding hydrogens is 220 g/mol. The Morgan fingerprint density at radius 3 is 2.12 bits per heavy atom. The van der Waals surface area contributed by atoms with Gasteiger partial charge in [-0.3, -0.25) is 4.79 Å². The Hall–Kier alpha value is -1.55. The zero-order valence-electron chi connectivity index (χ0n) is 10.8. The molecule has 1 rings (SSSR count). The van der Waals surface area contributed by atoms with Crippen molar-refractivity contribution in [2.75, 3.05) is 14.2 Å². The maximum absolute atomic E-state index is 10.2. The summed E-state index contributed by atoms with van der Waals surface area (Å²) in [6.07, 6.45) is -0.515. The van der Waals surface area contributed by atoms with E-state index >= 15 is 0 Å². The number of benzene rings is 1. The molecule has 0 amide bonds. The Bertz CT molecular complexity index is 317. The molecule has 1 atom stereocenters. The van der Waals surface area contributed by atoms with Crippen LogP contribution in [0.1, 0.15) is 18.9 Å². The molecule has 4 nitrogen and oxygen atoms in total. The number of hydrogen-bond donors (Lipinski definition) is 1. The van der Waals surface area contributed by atoms with Crippen LogP contribution in [0.15, 0.2) is 24.3 Å². The summed E-state index contributed by atoms with van der Waals surface area (Å²) >= 11 is 0. The highest BCUT2D eigenvalue weighted by molar-refractivity contribution is 5.69. The Morgan fingerprint density at radius 2 is 1.82 bits per heavy atom. The number of ether oxygens (including phenoxy) is 2. The molecule has 0 aliphatic rings. The average molecular weight is 240 g/mol. The number of aliphatic hydroxyl groups is 1. The maximum Gasteiger partial charge on any atom is 0.308 e. The average Bonchev–Trinajstić information content (AvgIpc) is 2.30. The third kappa shape index (κ3) is 8.28. The van der Waals surface area contributed by atoms with Gasteiger partial charge in [0.05, 0.1) is 26.7 Å². The summed E-state index contributed by atoms with van der Waals surface area (Å²) in [4.78, 5) is 10.2. The molecule has 0 aliphatic heterocycles. The van der Waals surface area contributed by atoms with E-state index in [1.54, 1.807) is 7.11 Å². The summed E-state index contributed by atoms with van der Waals surface area (Å²) in [5, 5.41) is 8.55. The number of esters is 1. The second kappa shape index (κ2) is 8.58. The largest absolute Gasteiger partial charge is 0.497 e. The minimum absolute atomic E-state index is 0.0799. The summed E-state index contributed by atoms with van der Waals surface area (Å²) in [5.74, 6) is 0.542. The molecular formula is C13H20O4. The summed E-state index contributed by atoms with van der Waals surface area (Å²) in [7, 11) is 2.97. The quantitative estimate of drug-likeness (QED) is 0.820. The molecule has 0 fully saturated rings. The van der Waals surface area contributed by atoms with Crippen LogP contribution >= 0.6 is 0 Å². The molecule has 0 saturated heterocycles. The first kappa shape index (κ1) is 15.4. The van der Waals surface area contributed by atoms with Crippen LogP contribution in [0.3, 0.4) is 0 Å². The van der Waals surface area contributed by atoms with E-state index < -0.39 is 6.10 Å². The third-order valence-corrected chi connectivity index (χ3v) is 1.95. The minimum Gasteiger partial charge on any atom is -0.497 e. The first-order valence-electron chi connectivity index (χ1n) is 5.35. The highest BCUT2D eigenvalue weighted by atomic mass is 16.5. The lowest BCUT2D eigenvalue weighted by molar-refractivity contribution is -0.142. The Kier molecular flexibility index (Phi) is 7.80. The van der Waals surface area contributed by atoms with Crippen molar-refractivity contribution >= 4 is 5.97 Å². The van der Waals surface area contributed by atoms with Gasteiger partial charge in [-0.2, -0.15) is 0 Å². The van der Waals surface area contributed by atoms with Gasteiger partial charge < -0.3 is 14.6 Å². The first-order valence-corrected chi connectivity index (χ1v) is 5.35. The normalized spacial score (nSPS) is 10.9. The van der Waals surface area contributed by atoms with E-state index in [1.165, 1.54) is 19.6 Å². The van der Waals surface area contributed by atoms with Crippen LogP contribution in [-0.4, -0.2) is 31.4 Å². The molecule has 1 aromatic rings. The highest BCUT2D eigenvalue weighted by Gasteiger charge is 2.03. The fraction of sp³-hybridized carbons (Fsp3) is 0.462. The molecule has 1 unspecified atom stereocenters. The smallest absolute Gasteiger partial charge is 0.308 e. The van der Waals surface area contributed by atoms with E-state index in [4.69, 9.17) is 9.84 Å². The van der Waals surface area contributed by atoms with E-state index in [0.29, 0.717) is 0 Å². The molecule has 0 heterocycles. The van der Waals surface area contributed by atoms with Crippen LogP contribution in [0.2, 0.25) is 0 Å². The number of methoxy groups -OCH3 is 2. The van der Waals surface area contributed by atoms with Crippen LogP contribution in [-0.2, 0) is 9.53 Å². The predicted octanol–water partition coefficient (Wildman–Crippen LogP) is 1.93.